The molecule has 0 bridgehead atoms. The van der Waals surface area contributed by atoms with E-state index in [4.69, 9.17) is 10.2 Å². The minimum absolute atomic E-state index is 0.212. The number of oxazole rings is 1. The molecule has 6 nitrogen and oxygen atoms in total. The quantitative estimate of drug-likeness (QED) is 0.558. The predicted octanol–water partition coefficient (Wildman–Crippen LogP) is 3.72. The Balaban J connectivity index is 1.60. The summed E-state index contributed by atoms with van der Waals surface area (Å²) in [6.07, 6.45) is 1.66. The maximum atomic E-state index is 12.3. The number of hydrogen-bond acceptors (Lipinski definition) is 5. The van der Waals surface area contributed by atoms with Gasteiger partial charge in [-0.05, 0) is 54.6 Å². The van der Waals surface area contributed by atoms with Gasteiger partial charge < -0.3 is 15.5 Å². The first-order valence-electron chi connectivity index (χ1n) is 7.68. The third-order valence-electron chi connectivity index (χ3n) is 3.71. The standard InChI is InChI=1S/C19H14N4O2/c20-14-8-6-12(7-9-14)18(24)22-15-4-1-3-13(11-15)19-23-17-16(25-19)5-2-10-21-17/h1-11H,20H2,(H,22,24). The van der Waals surface area contributed by atoms with Gasteiger partial charge in [0.1, 0.15) is 0 Å². The molecule has 2 aromatic heterocycles. The molecule has 0 radical (unpaired) electrons. The molecule has 0 unspecified atom stereocenters. The summed E-state index contributed by atoms with van der Waals surface area (Å²) in [7, 11) is 0. The number of carbonyl (C=O) groups excluding carboxylic acids is 1. The Hall–Kier alpha value is -3.67. The number of carbonyl (C=O) groups is 1. The third kappa shape index (κ3) is 3.05. The highest BCUT2D eigenvalue weighted by atomic mass is 16.3. The van der Waals surface area contributed by atoms with Gasteiger partial charge in [-0.3, -0.25) is 4.79 Å². The number of benzene rings is 2. The van der Waals surface area contributed by atoms with Crippen LogP contribution in [0.3, 0.4) is 0 Å². The first-order valence-corrected chi connectivity index (χ1v) is 7.68. The molecule has 3 N–H and O–H groups in total. The zero-order valence-corrected chi connectivity index (χ0v) is 13.1. The average Bonchev–Trinajstić information content (AvgIpc) is 3.07. The van der Waals surface area contributed by atoms with E-state index in [1.165, 1.54) is 0 Å². The maximum absolute atomic E-state index is 12.3. The number of nitrogen functional groups attached to an aromatic ring is 1. The van der Waals surface area contributed by atoms with Crippen molar-refractivity contribution in [3.63, 3.8) is 0 Å². The number of nitrogens with zero attached hydrogens (tertiary/aromatic N) is 2. The minimum atomic E-state index is -0.212. The van der Waals surface area contributed by atoms with Crippen molar-refractivity contribution in [3.8, 4) is 11.5 Å². The van der Waals surface area contributed by atoms with Gasteiger partial charge >= 0.3 is 0 Å². The summed E-state index contributed by atoms with van der Waals surface area (Å²) in [5, 5.41) is 2.86. The fraction of sp³-hybridized carbons (Fsp3) is 0. The van der Waals surface area contributed by atoms with Crippen LogP contribution in [0.1, 0.15) is 10.4 Å². The zero-order valence-electron chi connectivity index (χ0n) is 13.1. The molecule has 0 aliphatic heterocycles. The fourth-order valence-corrected chi connectivity index (χ4v) is 2.46. The topological polar surface area (TPSA) is 94.0 Å². The molecule has 0 atom stereocenters. The van der Waals surface area contributed by atoms with Gasteiger partial charge in [-0.25, -0.2) is 4.98 Å². The molecule has 122 valence electrons. The summed E-state index contributed by atoms with van der Waals surface area (Å²) >= 11 is 0. The molecule has 1 amide bonds. The van der Waals surface area contributed by atoms with E-state index in [1.807, 2.05) is 18.2 Å². The fourth-order valence-electron chi connectivity index (χ4n) is 2.46. The Morgan fingerprint density at radius 2 is 1.88 bits per heavy atom. The first-order chi connectivity index (χ1) is 12.2. The smallest absolute Gasteiger partial charge is 0.255 e. The monoisotopic (exact) mass is 330 g/mol. The largest absolute Gasteiger partial charge is 0.434 e. The van der Waals surface area contributed by atoms with Crippen molar-refractivity contribution in [2.24, 2.45) is 0 Å². The lowest BCUT2D eigenvalue weighted by atomic mass is 10.1. The van der Waals surface area contributed by atoms with E-state index >= 15 is 0 Å². The molecule has 0 spiro atoms. The van der Waals surface area contributed by atoms with Crippen molar-refractivity contribution in [2.45, 2.75) is 0 Å². The number of rotatable bonds is 3. The molecule has 0 saturated carbocycles. The Kier molecular flexibility index (Phi) is 3.63. The number of pyridine rings is 1. The molecule has 2 aromatic carbocycles. The Bertz CT molecular complexity index is 1020. The van der Waals surface area contributed by atoms with Crippen LogP contribution in [0.5, 0.6) is 0 Å². The zero-order chi connectivity index (χ0) is 17.2. The van der Waals surface area contributed by atoms with Crippen molar-refractivity contribution in [2.75, 3.05) is 11.1 Å². The normalized spacial score (nSPS) is 10.7. The first kappa shape index (κ1) is 14.9. The van der Waals surface area contributed by atoms with E-state index in [0.29, 0.717) is 34.1 Å². The number of hydrogen-bond donors (Lipinski definition) is 2. The lowest BCUT2D eigenvalue weighted by Crippen LogP contribution is -2.11. The van der Waals surface area contributed by atoms with Crippen molar-refractivity contribution < 1.29 is 9.21 Å². The highest BCUT2D eigenvalue weighted by Gasteiger charge is 2.11. The third-order valence-corrected chi connectivity index (χ3v) is 3.71. The summed E-state index contributed by atoms with van der Waals surface area (Å²) in [4.78, 5) is 20.8. The second-order valence-corrected chi connectivity index (χ2v) is 5.50. The van der Waals surface area contributed by atoms with Gasteiger partial charge in [0.2, 0.25) is 5.89 Å². The number of aromatic nitrogens is 2. The lowest BCUT2D eigenvalue weighted by molar-refractivity contribution is 0.102. The van der Waals surface area contributed by atoms with E-state index in [-0.39, 0.29) is 5.91 Å². The van der Waals surface area contributed by atoms with Crippen molar-refractivity contribution in [1.82, 2.24) is 9.97 Å². The molecule has 4 aromatic rings. The highest BCUT2D eigenvalue weighted by Crippen LogP contribution is 2.25. The molecule has 0 aliphatic rings. The van der Waals surface area contributed by atoms with Crippen LogP contribution in [0.4, 0.5) is 11.4 Å². The van der Waals surface area contributed by atoms with Crippen LogP contribution in [0.15, 0.2) is 71.3 Å². The summed E-state index contributed by atoms with van der Waals surface area (Å²) in [6.45, 7) is 0. The van der Waals surface area contributed by atoms with Crippen LogP contribution in [-0.2, 0) is 0 Å². The lowest BCUT2D eigenvalue weighted by Gasteiger charge is -2.06. The van der Waals surface area contributed by atoms with Gasteiger partial charge in [0, 0.05) is 28.7 Å². The second-order valence-electron chi connectivity index (χ2n) is 5.50. The molecule has 4 rings (SSSR count). The van der Waals surface area contributed by atoms with E-state index < -0.39 is 0 Å². The van der Waals surface area contributed by atoms with Gasteiger partial charge in [0.15, 0.2) is 11.2 Å². The number of amides is 1. The second kappa shape index (κ2) is 6.09. The number of nitrogens with one attached hydrogen (secondary N) is 1. The van der Waals surface area contributed by atoms with Crippen molar-refractivity contribution in [1.29, 1.82) is 0 Å². The summed E-state index contributed by atoms with van der Waals surface area (Å²) < 4.78 is 5.71. The molecule has 6 heteroatoms. The van der Waals surface area contributed by atoms with Crippen LogP contribution in [0.2, 0.25) is 0 Å². The molecule has 0 fully saturated rings. The molecule has 25 heavy (non-hydrogen) atoms. The Labute approximate surface area is 143 Å². The van der Waals surface area contributed by atoms with Gasteiger partial charge in [0.05, 0.1) is 0 Å². The molecule has 0 aliphatic carbocycles. The molecule has 0 saturated heterocycles. The molecular weight excluding hydrogens is 316 g/mol. The minimum Gasteiger partial charge on any atom is -0.434 e. The van der Waals surface area contributed by atoms with E-state index in [1.54, 1.807) is 48.7 Å². The maximum Gasteiger partial charge on any atom is 0.255 e. The summed E-state index contributed by atoms with van der Waals surface area (Å²) in [5.41, 5.74) is 9.36. The SMILES string of the molecule is Nc1ccc(C(=O)Nc2cccc(-c3nc4ncccc4o3)c2)cc1. The number of fused-ring (bicyclic) bond motifs is 1. The number of nitrogens with two attached hydrogens (primary N) is 1. The van der Waals surface area contributed by atoms with Gasteiger partial charge in [-0.15, -0.1) is 0 Å². The summed E-state index contributed by atoms with van der Waals surface area (Å²) in [6, 6.07) is 17.7. The van der Waals surface area contributed by atoms with Crippen LogP contribution in [-0.4, -0.2) is 15.9 Å². The van der Waals surface area contributed by atoms with Crippen molar-refractivity contribution in [3.05, 3.63) is 72.4 Å². The van der Waals surface area contributed by atoms with Crippen LogP contribution < -0.4 is 11.1 Å². The van der Waals surface area contributed by atoms with E-state index in [9.17, 15) is 4.79 Å². The molecule has 2 heterocycles. The average molecular weight is 330 g/mol. The van der Waals surface area contributed by atoms with Crippen LogP contribution in [0.25, 0.3) is 22.7 Å². The van der Waals surface area contributed by atoms with Crippen LogP contribution in [0, 0.1) is 0 Å². The van der Waals surface area contributed by atoms with E-state index in [2.05, 4.69) is 15.3 Å². The highest BCUT2D eigenvalue weighted by molar-refractivity contribution is 6.04. The van der Waals surface area contributed by atoms with Gasteiger partial charge in [-0.2, -0.15) is 4.98 Å². The van der Waals surface area contributed by atoms with Crippen LogP contribution >= 0.6 is 0 Å². The van der Waals surface area contributed by atoms with E-state index in [0.717, 1.165) is 5.56 Å². The van der Waals surface area contributed by atoms with Crippen molar-refractivity contribution >= 4 is 28.5 Å². The predicted molar refractivity (Wildman–Crippen MR) is 96.0 cm³/mol. The van der Waals surface area contributed by atoms with Gasteiger partial charge in [0.25, 0.3) is 5.91 Å². The van der Waals surface area contributed by atoms with Gasteiger partial charge in [-0.1, -0.05) is 6.07 Å². The molecular formula is C19H14N4O2. The number of anilines is 2. The Morgan fingerprint density at radius 1 is 1.04 bits per heavy atom. The Morgan fingerprint density at radius 3 is 2.68 bits per heavy atom. The summed E-state index contributed by atoms with van der Waals surface area (Å²) in [5.74, 6) is 0.244.